The number of carboxylic acids is 1. The third-order valence-corrected chi connectivity index (χ3v) is 7.51. The van der Waals surface area contributed by atoms with E-state index in [1.165, 1.54) is 38.5 Å². The summed E-state index contributed by atoms with van der Waals surface area (Å²) in [5, 5.41) is 22.5. The van der Waals surface area contributed by atoms with E-state index in [2.05, 4.69) is 73.1 Å². The number of aliphatic hydroxyl groups excluding tert-OH is 1. The molecule has 9 nitrogen and oxygen atoms in total. The lowest BCUT2D eigenvalue weighted by molar-refractivity contribution is -0.147. The van der Waals surface area contributed by atoms with Gasteiger partial charge >= 0.3 is 11.9 Å². The van der Waals surface area contributed by atoms with Gasteiger partial charge in [0.05, 0.1) is 13.2 Å². The first-order valence-electron chi connectivity index (χ1n) is 18.2. The molecule has 272 valence electrons. The topological polar surface area (TPSA) is 142 Å². The molecule has 0 radical (unpaired) electrons. The van der Waals surface area contributed by atoms with E-state index in [0.717, 1.165) is 51.4 Å². The van der Waals surface area contributed by atoms with Gasteiger partial charge in [-0.25, -0.2) is 4.79 Å². The van der Waals surface area contributed by atoms with Crippen LogP contribution in [0.15, 0.2) is 60.8 Å². The van der Waals surface area contributed by atoms with Crippen LogP contribution in [0.5, 0.6) is 0 Å². The summed E-state index contributed by atoms with van der Waals surface area (Å²) in [6, 6.07) is -1.41. The molecule has 0 spiro atoms. The number of allylic oxidation sites excluding steroid dienone is 9. The van der Waals surface area contributed by atoms with E-state index in [0.29, 0.717) is 25.7 Å². The Hall–Kier alpha value is -3.46. The molecule has 9 heteroatoms. The second-order valence-electron chi connectivity index (χ2n) is 11.9. The number of carboxylic acid groups (broad SMARTS) is 1. The molecule has 0 aliphatic heterocycles. The Balaban J connectivity index is 4.62. The quantitative estimate of drug-likeness (QED) is 0.0334. The van der Waals surface area contributed by atoms with Crippen molar-refractivity contribution in [2.24, 2.45) is 0 Å². The van der Waals surface area contributed by atoms with Crippen molar-refractivity contribution < 1.29 is 34.1 Å². The second-order valence-corrected chi connectivity index (χ2v) is 11.9. The van der Waals surface area contributed by atoms with Crippen LogP contribution in [0.2, 0.25) is 0 Å². The summed E-state index contributed by atoms with van der Waals surface area (Å²) >= 11 is 0. The average Bonchev–Trinajstić information content (AvgIpc) is 3.07. The largest absolute Gasteiger partial charge is 0.480 e. The van der Waals surface area contributed by atoms with Gasteiger partial charge in [0.15, 0.2) is 0 Å². The highest BCUT2D eigenvalue weighted by molar-refractivity contribution is 5.87. The van der Waals surface area contributed by atoms with Gasteiger partial charge in [-0.15, -0.1) is 0 Å². The van der Waals surface area contributed by atoms with Crippen molar-refractivity contribution in [2.75, 3.05) is 13.2 Å². The highest BCUT2D eigenvalue weighted by Gasteiger charge is 2.19. The lowest BCUT2D eigenvalue weighted by Gasteiger charge is -2.15. The maximum Gasteiger partial charge on any atom is 0.328 e. The molecule has 0 aliphatic carbocycles. The van der Waals surface area contributed by atoms with E-state index < -0.39 is 24.5 Å². The number of hydrogen-bond acceptors (Lipinski definition) is 6. The van der Waals surface area contributed by atoms with Gasteiger partial charge in [0.2, 0.25) is 11.8 Å². The van der Waals surface area contributed by atoms with Crippen LogP contribution in [-0.2, 0) is 23.9 Å². The number of nitrogens with one attached hydrogen (secondary N) is 2. The predicted molar refractivity (Wildman–Crippen MR) is 194 cm³/mol. The lowest BCUT2D eigenvalue weighted by Crippen LogP contribution is -2.47. The van der Waals surface area contributed by atoms with Crippen LogP contribution >= 0.6 is 0 Å². The molecule has 0 aromatic rings. The molecule has 2 unspecified atom stereocenters. The van der Waals surface area contributed by atoms with Crippen LogP contribution < -0.4 is 10.6 Å². The maximum atomic E-state index is 12.6. The molecule has 0 aliphatic rings. The summed E-state index contributed by atoms with van der Waals surface area (Å²) in [6.45, 7) is 3.24. The fourth-order valence-electron chi connectivity index (χ4n) is 4.72. The minimum atomic E-state index is -1.41. The number of carbonyl (C=O) groups excluding carboxylic acids is 3. The first-order valence-corrected chi connectivity index (χ1v) is 18.2. The van der Waals surface area contributed by atoms with Gasteiger partial charge in [-0.2, -0.15) is 0 Å². The molecule has 0 fully saturated rings. The number of unbranched alkanes of at least 4 members (excludes halogenated alkanes) is 9. The van der Waals surface area contributed by atoms with Crippen LogP contribution in [0.4, 0.5) is 0 Å². The first-order chi connectivity index (χ1) is 23.3. The summed E-state index contributed by atoms with van der Waals surface area (Å²) in [5.74, 6) is -2.58. The van der Waals surface area contributed by atoms with E-state index in [-0.39, 0.29) is 30.9 Å². The van der Waals surface area contributed by atoms with Crippen molar-refractivity contribution >= 4 is 23.8 Å². The SMILES string of the molecule is CC/C=C\C/C=C\C/C=C\C/C=C\C/C=C\C(CCCCC(=O)NCC(=O)NC(CO)C(=O)O)OC(=O)CCCCCCCCCCC. The number of esters is 1. The highest BCUT2D eigenvalue weighted by Crippen LogP contribution is 2.14. The van der Waals surface area contributed by atoms with Gasteiger partial charge in [0.25, 0.3) is 0 Å². The molecular formula is C39H64N2O7. The number of carbonyl (C=O) groups is 4. The number of aliphatic hydroxyl groups is 1. The molecule has 0 saturated heterocycles. The van der Waals surface area contributed by atoms with E-state index in [4.69, 9.17) is 14.9 Å². The number of amides is 2. The van der Waals surface area contributed by atoms with Crippen LogP contribution in [0, 0.1) is 0 Å². The van der Waals surface area contributed by atoms with Crippen LogP contribution in [0.3, 0.4) is 0 Å². The van der Waals surface area contributed by atoms with Gasteiger partial charge in [0.1, 0.15) is 12.1 Å². The Labute approximate surface area is 290 Å². The van der Waals surface area contributed by atoms with Gasteiger partial charge < -0.3 is 25.6 Å². The molecule has 0 saturated carbocycles. The average molecular weight is 673 g/mol. The number of aliphatic carboxylic acids is 1. The van der Waals surface area contributed by atoms with Crippen molar-refractivity contribution in [2.45, 2.75) is 148 Å². The van der Waals surface area contributed by atoms with Gasteiger partial charge in [-0.05, 0) is 63.9 Å². The summed E-state index contributed by atoms with van der Waals surface area (Å²) in [5.41, 5.74) is 0. The zero-order valence-electron chi connectivity index (χ0n) is 29.7. The molecule has 4 N–H and O–H groups in total. The van der Waals surface area contributed by atoms with E-state index in [9.17, 15) is 19.2 Å². The minimum Gasteiger partial charge on any atom is -0.480 e. The lowest BCUT2D eigenvalue weighted by atomic mass is 10.1. The standard InChI is InChI=1S/C39H64N2O7/c1-3-5-7-9-11-13-14-15-16-17-19-20-22-24-28-34(48-38(45)31-25-23-21-18-12-10-8-6-4-2)29-26-27-30-36(43)40-32-37(44)41-35(33-42)39(46)47/h5,7,11,13,15-16,19-20,24,28,34-35,42H,3-4,6,8-10,12,14,17-18,21-23,25-27,29-33H2,1-2H3,(H,40,43)(H,41,44)(H,46,47)/b7-5-,13-11-,16-15-,20-19-,28-24-. The molecule has 2 atom stereocenters. The number of ether oxygens (including phenoxy) is 1. The summed E-state index contributed by atoms with van der Waals surface area (Å²) in [6.07, 6.45) is 38.3. The molecule has 0 heterocycles. The monoisotopic (exact) mass is 672 g/mol. The smallest absolute Gasteiger partial charge is 0.328 e. The predicted octanol–water partition coefficient (Wildman–Crippen LogP) is 7.81. The van der Waals surface area contributed by atoms with Crippen molar-refractivity contribution in [3.8, 4) is 0 Å². The zero-order chi connectivity index (χ0) is 35.5. The molecule has 48 heavy (non-hydrogen) atoms. The molecule has 2 amide bonds. The van der Waals surface area contributed by atoms with Crippen LogP contribution in [0.1, 0.15) is 136 Å². The van der Waals surface area contributed by atoms with E-state index in [1.807, 2.05) is 12.2 Å². The molecule has 0 bridgehead atoms. The Morgan fingerprint density at radius 1 is 0.646 bits per heavy atom. The molecule has 0 aromatic carbocycles. The van der Waals surface area contributed by atoms with Crippen molar-refractivity contribution in [1.29, 1.82) is 0 Å². The van der Waals surface area contributed by atoms with E-state index >= 15 is 0 Å². The number of hydrogen-bond donors (Lipinski definition) is 4. The molecule has 0 aromatic heterocycles. The normalized spacial score (nSPS) is 13.2. The van der Waals surface area contributed by atoms with Crippen molar-refractivity contribution in [3.63, 3.8) is 0 Å². The summed E-state index contributed by atoms with van der Waals surface area (Å²) < 4.78 is 5.80. The summed E-state index contributed by atoms with van der Waals surface area (Å²) in [7, 11) is 0. The summed E-state index contributed by atoms with van der Waals surface area (Å²) in [4.78, 5) is 47.5. The Morgan fingerprint density at radius 2 is 1.17 bits per heavy atom. The molecule has 0 rings (SSSR count). The maximum absolute atomic E-state index is 12.6. The van der Waals surface area contributed by atoms with Gasteiger partial charge in [-0.3, -0.25) is 14.4 Å². The zero-order valence-corrected chi connectivity index (χ0v) is 29.7. The van der Waals surface area contributed by atoms with Gasteiger partial charge in [0, 0.05) is 12.8 Å². The third-order valence-electron chi connectivity index (χ3n) is 7.51. The van der Waals surface area contributed by atoms with Gasteiger partial charge in [-0.1, -0.05) is 120 Å². The third kappa shape index (κ3) is 29.9. The van der Waals surface area contributed by atoms with E-state index in [1.54, 1.807) is 0 Å². The Bertz CT molecular complexity index is 1000. The minimum absolute atomic E-state index is 0.181. The highest BCUT2D eigenvalue weighted by atomic mass is 16.5. The van der Waals surface area contributed by atoms with Crippen molar-refractivity contribution in [3.05, 3.63) is 60.8 Å². The van der Waals surface area contributed by atoms with Crippen LogP contribution in [0.25, 0.3) is 0 Å². The fraction of sp³-hybridized carbons (Fsp3) is 0.641. The second kappa shape index (κ2) is 33.4. The number of rotatable bonds is 31. The van der Waals surface area contributed by atoms with Crippen molar-refractivity contribution in [1.82, 2.24) is 10.6 Å². The fourth-order valence-corrected chi connectivity index (χ4v) is 4.72. The first kappa shape index (κ1) is 44.5. The Morgan fingerprint density at radius 3 is 1.71 bits per heavy atom. The van der Waals surface area contributed by atoms with Crippen LogP contribution in [-0.4, -0.2) is 59.3 Å². The Kier molecular flexibility index (Phi) is 31.0. The molecular weight excluding hydrogens is 608 g/mol.